The lowest BCUT2D eigenvalue weighted by atomic mass is 9.51. The van der Waals surface area contributed by atoms with Crippen LogP contribution in [0.3, 0.4) is 0 Å². The molecule has 148 valence electrons. The molecule has 3 unspecified atom stereocenters. The first-order valence-electron chi connectivity index (χ1n) is 10.0. The number of amides is 1. The van der Waals surface area contributed by atoms with Crippen LogP contribution in [0.2, 0.25) is 0 Å². The zero-order valence-corrected chi connectivity index (χ0v) is 16.4. The Bertz CT molecular complexity index is 513. The summed E-state index contributed by atoms with van der Waals surface area (Å²) in [5.41, 5.74) is 0.258. The van der Waals surface area contributed by atoms with Gasteiger partial charge in [-0.3, -0.25) is 4.79 Å². The molecule has 0 bridgehead atoms. The molecule has 0 aromatic carbocycles. The maximum Gasteiger partial charge on any atom is 0.243 e. The summed E-state index contributed by atoms with van der Waals surface area (Å²) in [7, 11) is 3.51. The van der Waals surface area contributed by atoms with E-state index in [1.165, 1.54) is 19.3 Å². The third-order valence-electron chi connectivity index (χ3n) is 6.14. The van der Waals surface area contributed by atoms with Gasteiger partial charge in [-0.2, -0.15) is 0 Å². The maximum atomic E-state index is 11.9. The van der Waals surface area contributed by atoms with Gasteiger partial charge in [0.05, 0.1) is 12.2 Å². The number of aliphatic imine (C=N–C) groups is 1. The number of ether oxygens (including phenoxy) is 2. The minimum atomic E-state index is 0.00220. The Balaban J connectivity index is 1.59. The van der Waals surface area contributed by atoms with E-state index in [0.29, 0.717) is 12.1 Å². The molecular weight excluding hydrogens is 332 g/mol. The van der Waals surface area contributed by atoms with Crippen LogP contribution >= 0.6 is 0 Å². The zero-order valence-electron chi connectivity index (χ0n) is 16.4. The van der Waals surface area contributed by atoms with E-state index in [2.05, 4.69) is 22.5 Å². The Morgan fingerprint density at radius 2 is 2.15 bits per heavy atom. The first-order chi connectivity index (χ1) is 12.5. The Morgan fingerprint density at radius 1 is 1.35 bits per heavy atom. The first kappa shape index (κ1) is 19.4. The molecule has 1 heterocycles. The summed E-state index contributed by atoms with van der Waals surface area (Å²) in [5, 5.41) is 6.98. The third kappa shape index (κ3) is 4.14. The summed E-state index contributed by atoms with van der Waals surface area (Å²) in [6.07, 6.45) is 7.51. The highest BCUT2D eigenvalue weighted by atomic mass is 16.5. The van der Waals surface area contributed by atoms with E-state index >= 15 is 0 Å². The molecular formula is C19H34N4O3. The number of rotatable bonds is 7. The van der Waals surface area contributed by atoms with Crippen LogP contribution in [0, 0.1) is 5.41 Å². The van der Waals surface area contributed by atoms with Gasteiger partial charge in [0, 0.05) is 45.3 Å². The van der Waals surface area contributed by atoms with E-state index in [0.717, 1.165) is 45.0 Å². The number of nitrogens with zero attached hydrogens (tertiary/aromatic N) is 2. The molecule has 1 spiro atoms. The van der Waals surface area contributed by atoms with Gasteiger partial charge in [0.2, 0.25) is 5.91 Å². The molecule has 3 rings (SSSR count). The molecule has 2 saturated carbocycles. The Morgan fingerprint density at radius 3 is 2.73 bits per heavy atom. The molecule has 3 fully saturated rings. The fourth-order valence-electron chi connectivity index (χ4n) is 4.26. The lowest BCUT2D eigenvalue weighted by Gasteiger charge is -2.61. The van der Waals surface area contributed by atoms with Crippen LogP contribution in [0.4, 0.5) is 0 Å². The van der Waals surface area contributed by atoms with Crippen molar-refractivity contribution in [1.29, 1.82) is 0 Å². The number of nitrogens with one attached hydrogen (secondary N) is 2. The first-order valence-corrected chi connectivity index (χ1v) is 10.0. The van der Waals surface area contributed by atoms with E-state index in [1.54, 1.807) is 19.0 Å². The molecule has 2 N–H and O–H groups in total. The molecule has 1 saturated heterocycles. The number of carbonyl (C=O) groups excluding carboxylic acids is 1. The summed E-state index contributed by atoms with van der Waals surface area (Å²) >= 11 is 0. The molecule has 1 aliphatic heterocycles. The molecule has 7 nitrogen and oxygen atoms in total. The highest BCUT2D eigenvalue weighted by molar-refractivity contribution is 5.85. The summed E-state index contributed by atoms with van der Waals surface area (Å²) in [6.45, 7) is 4.57. The number of hydrogen-bond donors (Lipinski definition) is 2. The second-order valence-corrected chi connectivity index (χ2v) is 7.93. The average Bonchev–Trinajstić information content (AvgIpc) is 3.07. The number of hydrogen-bond acceptors (Lipinski definition) is 4. The summed E-state index contributed by atoms with van der Waals surface area (Å²) in [6, 6.07) is 0.373. The zero-order chi connectivity index (χ0) is 18.6. The van der Waals surface area contributed by atoms with Gasteiger partial charge in [0.1, 0.15) is 6.54 Å². The van der Waals surface area contributed by atoms with Gasteiger partial charge in [-0.25, -0.2) is 4.99 Å². The van der Waals surface area contributed by atoms with Crippen LogP contribution in [0.25, 0.3) is 0 Å². The molecule has 0 radical (unpaired) electrons. The van der Waals surface area contributed by atoms with Gasteiger partial charge in [-0.05, 0) is 39.0 Å². The van der Waals surface area contributed by atoms with Crippen LogP contribution in [0.5, 0.6) is 0 Å². The minimum absolute atomic E-state index is 0.00220. The monoisotopic (exact) mass is 366 g/mol. The lowest BCUT2D eigenvalue weighted by Crippen LogP contribution is -2.68. The molecule has 1 amide bonds. The quantitative estimate of drug-likeness (QED) is 0.522. The fraction of sp³-hybridized carbons (Fsp3) is 0.895. The van der Waals surface area contributed by atoms with E-state index in [4.69, 9.17) is 9.47 Å². The van der Waals surface area contributed by atoms with Gasteiger partial charge < -0.3 is 25.0 Å². The Hall–Kier alpha value is -1.34. The van der Waals surface area contributed by atoms with Gasteiger partial charge >= 0.3 is 0 Å². The van der Waals surface area contributed by atoms with Crippen molar-refractivity contribution in [3.05, 3.63) is 0 Å². The Kier molecular flexibility index (Phi) is 6.40. The normalized spacial score (nSPS) is 29.8. The maximum absolute atomic E-state index is 11.9. The van der Waals surface area contributed by atoms with Crippen LogP contribution < -0.4 is 10.6 Å². The summed E-state index contributed by atoms with van der Waals surface area (Å²) in [5.74, 6) is 0.726. The summed E-state index contributed by atoms with van der Waals surface area (Å²) in [4.78, 5) is 18.0. The van der Waals surface area contributed by atoms with Crippen molar-refractivity contribution in [2.75, 3.05) is 40.4 Å². The molecule has 3 atom stereocenters. The van der Waals surface area contributed by atoms with Crippen molar-refractivity contribution in [2.24, 2.45) is 10.4 Å². The number of guanidine groups is 1. The van der Waals surface area contributed by atoms with Crippen molar-refractivity contribution >= 4 is 11.9 Å². The van der Waals surface area contributed by atoms with Crippen LogP contribution in [0.1, 0.15) is 45.4 Å². The fourth-order valence-corrected chi connectivity index (χ4v) is 4.26. The largest absolute Gasteiger partial charge is 0.378 e. The lowest BCUT2D eigenvalue weighted by molar-refractivity contribution is -0.168. The van der Waals surface area contributed by atoms with Crippen molar-refractivity contribution < 1.29 is 14.3 Å². The second kappa shape index (κ2) is 8.57. The molecule has 0 aromatic heterocycles. The standard InChI is InChI=1S/C19H34N4O3/c1-4-25-16-11-15(19(16)8-6-9-19)22-18(21-13-17(24)23(2)3)20-12-14-7-5-10-26-14/h14-16H,4-13H2,1-3H3,(H2,20,21,22). The number of carbonyl (C=O) groups is 1. The third-order valence-corrected chi connectivity index (χ3v) is 6.14. The molecule has 26 heavy (non-hydrogen) atoms. The van der Waals surface area contributed by atoms with E-state index in [9.17, 15) is 4.79 Å². The van der Waals surface area contributed by atoms with Crippen LogP contribution in [-0.4, -0.2) is 75.4 Å². The van der Waals surface area contributed by atoms with E-state index in [-0.39, 0.29) is 24.0 Å². The molecule has 2 aliphatic carbocycles. The average molecular weight is 367 g/mol. The topological polar surface area (TPSA) is 75.2 Å². The van der Waals surface area contributed by atoms with Gasteiger partial charge in [-0.15, -0.1) is 0 Å². The highest BCUT2D eigenvalue weighted by Crippen LogP contribution is 2.57. The van der Waals surface area contributed by atoms with E-state index < -0.39 is 0 Å². The van der Waals surface area contributed by atoms with Gasteiger partial charge in [0.15, 0.2) is 5.96 Å². The van der Waals surface area contributed by atoms with Crippen molar-refractivity contribution in [3.63, 3.8) is 0 Å². The highest BCUT2D eigenvalue weighted by Gasteiger charge is 2.59. The van der Waals surface area contributed by atoms with Crippen molar-refractivity contribution in [2.45, 2.75) is 63.7 Å². The predicted molar refractivity (Wildman–Crippen MR) is 101 cm³/mol. The smallest absolute Gasteiger partial charge is 0.243 e. The SMILES string of the molecule is CCOC1CC(NC(=NCC(=O)N(C)C)NCC2CCCO2)C12CCC2. The summed E-state index contributed by atoms with van der Waals surface area (Å²) < 4.78 is 11.6. The van der Waals surface area contributed by atoms with Crippen LogP contribution in [0.15, 0.2) is 4.99 Å². The van der Waals surface area contributed by atoms with Gasteiger partial charge in [0.25, 0.3) is 0 Å². The minimum Gasteiger partial charge on any atom is -0.378 e. The van der Waals surface area contributed by atoms with Crippen molar-refractivity contribution in [1.82, 2.24) is 15.5 Å². The molecule has 0 aromatic rings. The van der Waals surface area contributed by atoms with Gasteiger partial charge in [-0.1, -0.05) is 6.42 Å². The Labute approximate surface area is 156 Å². The number of likely N-dealkylation sites (N-methyl/N-ethyl adjacent to an activating group) is 1. The van der Waals surface area contributed by atoms with Crippen LogP contribution in [-0.2, 0) is 14.3 Å². The van der Waals surface area contributed by atoms with E-state index in [1.807, 2.05) is 0 Å². The second-order valence-electron chi connectivity index (χ2n) is 7.93. The molecule has 7 heteroatoms. The predicted octanol–water partition coefficient (Wildman–Crippen LogP) is 1.14. The van der Waals surface area contributed by atoms with Crippen molar-refractivity contribution in [3.8, 4) is 0 Å². The molecule has 3 aliphatic rings.